The van der Waals surface area contributed by atoms with Crippen LogP contribution in [0.2, 0.25) is 0 Å². The summed E-state index contributed by atoms with van der Waals surface area (Å²) >= 11 is 1.55. The van der Waals surface area contributed by atoms with Gasteiger partial charge in [-0.05, 0) is 96.7 Å². The number of ether oxygens (including phenoxy) is 1. The van der Waals surface area contributed by atoms with Crippen LogP contribution in [0.4, 0.5) is 9.93 Å². The topological polar surface area (TPSA) is 74.8 Å². The standard InChI is InChI=1S/C30H44N4O3S/c1-20-18-24-22-8-6-7-12-30(22,14-17-33(24)5)13-9-23-25(19-20)38-27(31-23)32-26(35)21-10-15-34(16-11-21)28(36)37-29(2,3)4/h9,19,21-22,24H,1,6-8,10-18H2,2-5H3,(H,31,32,35)/b23-9+,25-19+/t22-,24?,30?/m0/s1. The molecule has 2 unspecified atom stereocenters. The zero-order valence-electron chi connectivity index (χ0n) is 23.6. The zero-order valence-corrected chi connectivity index (χ0v) is 24.4. The number of rotatable bonds is 2. The number of carbonyl (C=O) groups is 2. The molecule has 3 fully saturated rings. The van der Waals surface area contributed by atoms with Gasteiger partial charge in [0.15, 0.2) is 5.13 Å². The van der Waals surface area contributed by atoms with Gasteiger partial charge in [0.2, 0.25) is 5.91 Å². The molecule has 1 aromatic heterocycles. The lowest BCUT2D eigenvalue weighted by atomic mass is 9.57. The van der Waals surface area contributed by atoms with E-state index in [-0.39, 0.29) is 17.9 Å². The molecular weight excluding hydrogens is 496 g/mol. The Kier molecular flexibility index (Phi) is 7.75. The van der Waals surface area contributed by atoms with Crippen molar-refractivity contribution in [3.05, 3.63) is 22.0 Å². The molecule has 4 aliphatic rings. The van der Waals surface area contributed by atoms with Gasteiger partial charge < -0.3 is 19.9 Å². The maximum Gasteiger partial charge on any atom is 0.410 e. The Morgan fingerprint density at radius 2 is 1.92 bits per heavy atom. The normalized spacial score (nSPS) is 30.6. The second-order valence-electron chi connectivity index (χ2n) is 12.9. The fraction of sp³-hybridized carbons (Fsp3) is 0.700. The van der Waals surface area contributed by atoms with Crippen LogP contribution in [0.1, 0.15) is 78.6 Å². The van der Waals surface area contributed by atoms with Gasteiger partial charge in [-0.2, -0.15) is 0 Å². The Bertz CT molecular complexity index is 1190. The number of aromatic nitrogens is 1. The van der Waals surface area contributed by atoms with Crippen LogP contribution in [-0.2, 0) is 9.53 Å². The van der Waals surface area contributed by atoms with Crippen molar-refractivity contribution in [2.24, 2.45) is 17.3 Å². The Morgan fingerprint density at radius 3 is 2.66 bits per heavy atom. The minimum absolute atomic E-state index is 0.00717. The number of anilines is 1. The first-order chi connectivity index (χ1) is 18.0. The molecular formula is C30H44N4O3S. The van der Waals surface area contributed by atoms with E-state index in [0.717, 1.165) is 34.8 Å². The number of piperidine rings is 2. The first-order valence-electron chi connectivity index (χ1n) is 14.4. The van der Waals surface area contributed by atoms with E-state index in [2.05, 4.69) is 36.0 Å². The summed E-state index contributed by atoms with van der Waals surface area (Å²) in [5.41, 5.74) is 0.992. The second-order valence-corrected chi connectivity index (χ2v) is 14.0. The number of carbonyl (C=O) groups excluding carboxylic acids is 2. The highest BCUT2D eigenvalue weighted by molar-refractivity contribution is 7.13. The van der Waals surface area contributed by atoms with Crippen LogP contribution in [0, 0.1) is 17.3 Å². The van der Waals surface area contributed by atoms with E-state index in [1.165, 1.54) is 32.1 Å². The molecule has 1 saturated carbocycles. The number of thiazole rings is 1. The van der Waals surface area contributed by atoms with Gasteiger partial charge in [-0.3, -0.25) is 4.79 Å². The van der Waals surface area contributed by atoms with Crippen molar-refractivity contribution >= 4 is 40.6 Å². The summed E-state index contributed by atoms with van der Waals surface area (Å²) in [4.78, 5) is 34.7. The van der Waals surface area contributed by atoms with Crippen molar-refractivity contribution in [2.75, 3.05) is 32.0 Å². The Hall–Kier alpha value is -2.19. The molecule has 2 bridgehead atoms. The molecule has 8 heteroatoms. The highest BCUT2D eigenvalue weighted by Gasteiger charge is 2.47. The lowest BCUT2D eigenvalue weighted by Crippen LogP contribution is -2.54. The predicted molar refractivity (Wildman–Crippen MR) is 153 cm³/mol. The summed E-state index contributed by atoms with van der Waals surface area (Å²) in [5.74, 6) is 0.570. The number of hydrogen-bond donors (Lipinski definition) is 1. The van der Waals surface area contributed by atoms with Crippen LogP contribution in [-0.4, -0.2) is 65.1 Å². The number of hydrogen-bond acceptors (Lipinski definition) is 6. The van der Waals surface area contributed by atoms with E-state index in [1.807, 2.05) is 20.8 Å². The van der Waals surface area contributed by atoms with Crippen LogP contribution in [0.25, 0.3) is 12.2 Å². The fourth-order valence-corrected chi connectivity index (χ4v) is 8.05. The molecule has 2 aliphatic carbocycles. The number of nitrogens with one attached hydrogen (secondary N) is 1. The van der Waals surface area contributed by atoms with Crippen molar-refractivity contribution in [3.8, 4) is 0 Å². The molecule has 1 N–H and O–H groups in total. The molecule has 2 saturated heterocycles. The molecule has 3 heterocycles. The SMILES string of the molecule is C=C1/C=c2/sc(NC(=O)C3CCN(C(=O)OC(C)(C)C)CC3)n/c2=C/CC23CCCC[C@H]2C(C1)N(C)CC3. The van der Waals surface area contributed by atoms with Crippen LogP contribution >= 0.6 is 11.3 Å². The molecule has 2 amide bonds. The third kappa shape index (κ3) is 5.86. The van der Waals surface area contributed by atoms with Crippen LogP contribution in [0.5, 0.6) is 0 Å². The average Bonchev–Trinajstić information content (AvgIpc) is 3.24. The molecule has 2 aliphatic heterocycles. The van der Waals surface area contributed by atoms with Crippen molar-refractivity contribution in [1.29, 1.82) is 0 Å². The van der Waals surface area contributed by atoms with Gasteiger partial charge in [-0.15, -0.1) is 0 Å². The van der Waals surface area contributed by atoms with E-state index in [4.69, 9.17) is 9.72 Å². The van der Waals surface area contributed by atoms with Crippen molar-refractivity contribution in [1.82, 2.24) is 14.8 Å². The smallest absolute Gasteiger partial charge is 0.410 e. The van der Waals surface area contributed by atoms with E-state index >= 15 is 0 Å². The molecule has 38 heavy (non-hydrogen) atoms. The minimum Gasteiger partial charge on any atom is -0.444 e. The number of likely N-dealkylation sites (tertiary alicyclic amines) is 2. The zero-order chi connectivity index (χ0) is 27.1. The van der Waals surface area contributed by atoms with Crippen LogP contribution in [0.3, 0.4) is 0 Å². The van der Waals surface area contributed by atoms with Gasteiger partial charge in [-0.25, -0.2) is 9.78 Å². The maximum atomic E-state index is 13.1. The van der Waals surface area contributed by atoms with Crippen LogP contribution in [0.15, 0.2) is 12.2 Å². The van der Waals surface area contributed by atoms with E-state index in [0.29, 0.717) is 48.4 Å². The summed E-state index contributed by atoms with van der Waals surface area (Å²) in [6, 6.07) is 0.557. The van der Waals surface area contributed by atoms with Gasteiger partial charge in [0, 0.05) is 25.0 Å². The second kappa shape index (κ2) is 10.8. The number of nitrogens with zero attached hydrogens (tertiary/aromatic N) is 3. The van der Waals surface area contributed by atoms with Gasteiger partial charge in [-0.1, -0.05) is 42.4 Å². The van der Waals surface area contributed by atoms with Crippen LogP contribution < -0.4 is 15.2 Å². The molecule has 3 atom stereocenters. The Balaban J connectivity index is 1.30. The Labute approximate surface area is 231 Å². The molecule has 0 radical (unpaired) electrons. The van der Waals surface area contributed by atoms with E-state index in [1.54, 1.807) is 16.2 Å². The number of amides is 2. The predicted octanol–water partition coefficient (Wildman–Crippen LogP) is 4.52. The molecule has 5 rings (SSSR count). The van der Waals surface area contributed by atoms with Crippen molar-refractivity contribution in [3.63, 3.8) is 0 Å². The van der Waals surface area contributed by atoms with Gasteiger partial charge in [0.05, 0.1) is 9.88 Å². The highest BCUT2D eigenvalue weighted by Crippen LogP contribution is 2.53. The summed E-state index contributed by atoms with van der Waals surface area (Å²) < 4.78 is 6.58. The quantitative estimate of drug-likeness (QED) is 0.597. The first-order valence-corrected chi connectivity index (χ1v) is 15.2. The summed E-state index contributed by atoms with van der Waals surface area (Å²) in [6.45, 7) is 12.3. The Morgan fingerprint density at radius 1 is 1.16 bits per heavy atom. The van der Waals surface area contributed by atoms with Gasteiger partial charge in [0.1, 0.15) is 5.60 Å². The van der Waals surface area contributed by atoms with Crippen molar-refractivity contribution < 1.29 is 14.3 Å². The lowest BCUT2D eigenvalue weighted by Gasteiger charge is -2.54. The van der Waals surface area contributed by atoms with Gasteiger partial charge in [0.25, 0.3) is 0 Å². The van der Waals surface area contributed by atoms with Crippen molar-refractivity contribution in [2.45, 2.75) is 90.2 Å². The van der Waals surface area contributed by atoms with E-state index < -0.39 is 5.60 Å². The third-order valence-electron chi connectivity index (χ3n) is 9.16. The van der Waals surface area contributed by atoms with Gasteiger partial charge >= 0.3 is 6.09 Å². The maximum absolute atomic E-state index is 13.1. The lowest BCUT2D eigenvalue weighted by molar-refractivity contribution is -0.121. The molecule has 0 spiro atoms. The molecule has 0 aromatic carbocycles. The molecule has 208 valence electrons. The number of fused-ring (bicyclic) bond motifs is 1. The molecule has 7 nitrogen and oxygen atoms in total. The minimum atomic E-state index is -0.517. The average molecular weight is 541 g/mol. The fourth-order valence-electron chi connectivity index (χ4n) is 7.09. The third-order valence-corrected chi connectivity index (χ3v) is 10.1. The van der Waals surface area contributed by atoms with E-state index in [9.17, 15) is 9.59 Å². The summed E-state index contributed by atoms with van der Waals surface area (Å²) in [5, 5.41) is 4.75. The summed E-state index contributed by atoms with van der Waals surface area (Å²) in [6.07, 6.45) is 14.1. The highest BCUT2D eigenvalue weighted by atomic mass is 32.1. The first kappa shape index (κ1) is 27.4. The monoisotopic (exact) mass is 540 g/mol. The largest absolute Gasteiger partial charge is 0.444 e. The molecule has 1 aromatic rings. The summed E-state index contributed by atoms with van der Waals surface area (Å²) in [7, 11) is 2.29.